The molecule has 8 heteroatoms. The lowest BCUT2D eigenvalue weighted by Gasteiger charge is -1.93. The number of aromatic nitrogens is 4. The number of nitrogens with two attached hydrogens (primary N) is 1. The van der Waals surface area contributed by atoms with Crippen molar-refractivity contribution in [1.82, 2.24) is 20.2 Å². The molecule has 3 aromatic heterocycles. The van der Waals surface area contributed by atoms with Gasteiger partial charge in [0.05, 0.1) is 16.8 Å². The zero-order valence-electron chi connectivity index (χ0n) is 15.8. The average Bonchev–Trinajstić information content (AvgIpc) is 3.38. The van der Waals surface area contributed by atoms with Gasteiger partial charge in [-0.15, -0.1) is 0 Å². The number of hydrogen-bond acceptors (Lipinski definition) is 4. The monoisotopic (exact) mass is 435 g/mol. The first-order chi connectivity index (χ1) is 14.5. The van der Waals surface area contributed by atoms with Crippen LogP contribution in [0.4, 0.5) is 0 Å². The molecule has 0 radical (unpaired) electrons. The molecule has 0 atom stereocenters. The van der Waals surface area contributed by atoms with Crippen LogP contribution in [0.5, 0.6) is 0 Å². The van der Waals surface area contributed by atoms with Gasteiger partial charge in [-0.05, 0) is 42.0 Å². The summed E-state index contributed by atoms with van der Waals surface area (Å²) in [6, 6.07) is 18.4. The summed E-state index contributed by atoms with van der Waals surface area (Å²) in [5, 5.41) is 18.8. The van der Waals surface area contributed by atoms with Gasteiger partial charge in [-0.1, -0.05) is 43.3 Å². The molecule has 158 valence electrons. The fourth-order valence-corrected chi connectivity index (χ4v) is 3.20. The minimum atomic E-state index is -0.926. The van der Waals surface area contributed by atoms with Crippen LogP contribution in [-0.4, -0.2) is 31.2 Å². The fraction of sp³-hybridized carbons (Fsp3) is 0.0870. The van der Waals surface area contributed by atoms with Crippen molar-refractivity contribution in [2.24, 2.45) is 5.73 Å². The van der Waals surface area contributed by atoms with Crippen molar-refractivity contribution in [2.75, 3.05) is 0 Å². The van der Waals surface area contributed by atoms with E-state index in [-0.39, 0.29) is 13.0 Å². The summed E-state index contributed by atoms with van der Waals surface area (Å²) in [7, 11) is 0. The zero-order chi connectivity index (χ0) is 21.1. The SMILES string of the molecule is C.NCc1ccc(Cl)nc1.O=C(O)c1ccc2[nH]c(-c3n[nH]c4ccccc34)cc2c1. The Morgan fingerprint density at radius 3 is 2.58 bits per heavy atom. The summed E-state index contributed by atoms with van der Waals surface area (Å²) in [5.74, 6) is -0.926. The number of hydrogen-bond donors (Lipinski definition) is 4. The van der Waals surface area contributed by atoms with Crippen LogP contribution in [0.15, 0.2) is 66.9 Å². The van der Waals surface area contributed by atoms with E-state index in [9.17, 15) is 4.79 Å². The Balaban J connectivity index is 0.000000232. The predicted octanol–water partition coefficient (Wildman–Crippen LogP) is 5.24. The first kappa shape index (κ1) is 22.0. The number of halogens is 1. The second kappa shape index (κ2) is 9.42. The summed E-state index contributed by atoms with van der Waals surface area (Å²) in [5.41, 5.74) is 10.2. The number of carboxylic acids is 1. The van der Waals surface area contributed by atoms with Crippen LogP contribution in [0.2, 0.25) is 5.15 Å². The second-order valence-corrected chi connectivity index (χ2v) is 6.99. The highest BCUT2D eigenvalue weighted by Crippen LogP contribution is 2.28. The van der Waals surface area contributed by atoms with Gasteiger partial charge in [0.15, 0.2) is 0 Å². The van der Waals surface area contributed by atoms with E-state index in [2.05, 4.69) is 20.2 Å². The van der Waals surface area contributed by atoms with Crippen LogP contribution in [0.1, 0.15) is 23.3 Å². The fourth-order valence-electron chi connectivity index (χ4n) is 3.09. The normalized spacial score (nSPS) is 10.4. The van der Waals surface area contributed by atoms with Crippen LogP contribution in [0.3, 0.4) is 0 Å². The van der Waals surface area contributed by atoms with Crippen LogP contribution < -0.4 is 5.73 Å². The number of nitrogens with one attached hydrogen (secondary N) is 2. The number of benzene rings is 2. The average molecular weight is 436 g/mol. The molecule has 31 heavy (non-hydrogen) atoms. The Bertz CT molecular complexity index is 1330. The molecule has 5 N–H and O–H groups in total. The Morgan fingerprint density at radius 2 is 1.87 bits per heavy atom. The topological polar surface area (TPSA) is 121 Å². The molecular formula is C23H22ClN5O2. The van der Waals surface area contributed by atoms with E-state index in [1.807, 2.05) is 36.4 Å². The number of rotatable bonds is 3. The molecule has 7 nitrogen and oxygen atoms in total. The minimum absolute atomic E-state index is 0. The molecule has 0 fully saturated rings. The van der Waals surface area contributed by atoms with Crippen LogP contribution in [-0.2, 0) is 6.54 Å². The number of fused-ring (bicyclic) bond motifs is 2. The van der Waals surface area contributed by atoms with Gasteiger partial charge in [0.1, 0.15) is 10.8 Å². The van der Waals surface area contributed by atoms with E-state index in [0.717, 1.165) is 38.8 Å². The lowest BCUT2D eigenvalue weighted by molar-refractivity contribution is 0.0697. The van der Waals surface area contributed by atoms with E-state index in [1.165, 1.54) is 0 Å². The van der Waals surface area contributed by atoms with Crippen molar-refractivity contribution in [2.45, 2.75) is 14.0 Å². The number of aromatic carboxylic acids is 1. The molecule has 2 aromatic carbocycles. The number of carboxylic acid groups (broad SMARTS) is 1. The predicted molar refractivity (Wildman–Crippen MR) is 124 cm³/mol. The van der Waals surface area contributed by atoms with Crippen molar-refractivity contribution in [3.05, 3.63) is 83.1 Å². The number of pyridine rings is 1. The number of aromatic amines is 2. The molecule has 0 bridgehead atoms. The number of para-hydroxylation sites is 1. The third kappa shape index (κ3) is 4.74. The van der Waals surface area contributed by atoms with Gasteiger partial charge in [0.2, 0.25) is 0 Å². The summed E-state index contributed by atoms with van der Waals surface area (Å²) in [6.45, 7) is 0.518. The van der Waals surface area contributed by atoms with Gasteiger partial charge in [-0.3, -0.25) is 5.10 Å². The highest BCUT2D eigenvalue weighted by molar-refractivity contribution is 6.29. The summed E-state index contributed by atoms with van der Waals surface area (Å²) in [6.07, 6.45) is 1.67. The smallest absolute Gasteiger partial charge is 0.335 e. The molecular weight excluding hydrogens is 414 g/mol. The Morgan fingerprint density at radius 1 is 1.06 bits per heavy atom. The van der Waals surface area contributed by atoms with Crippen molar-refractivity contribution < 1.29 is 9.90 Å². The lowest BCUT2D eigenvalue weighted by Crippen LogP contribution is -1.95. The van der Waals surface area contributed by atoms with Gasteiger partial charge >= 0.3 is 5.97 Å². The zero-order valence-corrected chi connectivity index (χ0v) is 16.5. The molecule has 3 heterocycles. The van der Waals surface area contributed by atoms with E-state index < -0.39 is 5.97 Å². The van der Waals surface area contributed by atoms with Crippen molar-refractivity contribution in [1.29, 1.82) is 0 Å². The third-order valence-corrected chi connectivity index (χ3v) is 4.84. The summed E-state index contributed by atoms with van der Waals surface area (Å²) in [4.78, 5) is 18.1. The molecule has 0 aliphatic heterocycles. The van der Waals surface area contributed by atoms with Gasteiger partial charge in [-0.25, -0.2) is 9.78 Å². The molecule has 0 aliphatic carbocycles. The maximum absolute atomic E-state index is 11.0. The van der Waals surface area contributed by atoms with Crippen molar-refractivity contribution in [3.63, 3.8) is 0 Å². The number of carbonyl (C=O) groups is 1. The molecule has 0 saturated carbocycles. The van der Waals surface area contributed by atoms with Crippen LogP contribution in [0, 0.1) is 0 Å². The Hall–Kier alpha value is -3.68. The van der Waals surface area contributed by atoms with Gasteiger partial charge in [0.25, 0.3) is 0 Å². The Labute approximate surface area is 183 Å². The van der Waals surface area contributed by atoms with Gasteiger partial charge in [0, 0.05) is 29.0 Å². The second-order valence-electron chi connectivity index (χ2n) is 6.60. The van der Waals surface area contributed by atoms with Gasteiger partial charge in [-0.2, -0.15) is 5.10 Å². The molecule has 0 saturated heterocycles. The highest BCUT2D eigenvalue weighted by atomic mass is 35.5. The third-order valence-electron chi connectivity index (χ3n) is 4.62. The largest absolute Gasteiger partial charge is 0.478 e. The molecule has 0 unspecified atom stereocenters. The number of nitrogens with zero attached hydrogens (tertiary/aromatic N) is 2. The molecule has 0 aliphatic rings. The number of H-pyrrole nitrogens is 2. The van der Waals surface area contributed by atoms with Gasteiger partial charge < -0.3 is 15.8 Å². The van der Waals surface area contributed by atoms with Crippen LogP contribution >= 0.6 is 11.6 Å². The maximum Gasteiger partial charge on any atom is 0.335 e. The first-order valence-corrected chi connectivity index (χ1v) is 9.53. The molecule has 5 rings (SSSR count). The lowest BCUT2D eigenvalue weighted by atomic mass is 10.1. The molecule has 0 spiro atoms. The minimum Gasteiger partial charge on any atom is -0.478 e. The standard InChI is InChI=1S/C16H11N3O2.C6H7ClN2.CH4/c20-16(21)9-5-6-12-10(7-9)8-14(17-12)15-11-3-1-2-4-13(11)18-19-15;7-6-2-1-5(3-8)4-9-6;/h1-8,17H,(H,18,19)(H,20,21);1-2,4H,3,8H2;1H4. The van der Waals surface area contributed by atoms with E-state index >= 15 is 0 Å². The Kier molecular flexibility index (Phi) is 6.69. The quantitative estimate of drug-likeness (QED) is 0.289. The van der Waals surface area contributed by atoms with E-state index in [4.69, 9.17) is 22.4 Å². The van der Waals surface area contributed by atoms with Crippen molar-refractivity contribution in [3.8, 4) is 11.4 Å². The first-order valence-electron chi connectivity index (χ1n) is 9.15. The van der Waals surface area contributed by atoms with Crippen molar-refractivity contribution >= 4 is 39.4 Å². The highest BCUT2D eigenvalue weighted by Gasteiger charge is 2.11. The molecule has 5 aromatic rings. The summed E-state index contributed by atoms with van der Waals surface area (Å²) < 4.78 is 0. The molecule has 0 amide bonds. The van der Waals surface area contributed by atoms with E-state index in [1.54, 1.807) is 30.5 Å². The van der Waals surface area contributed by atoms with E-state index in [0.29, 0.717) is 11.7 Å². The summed E-state index contributed by atoms with van der Waals surface area (Å²) >= 11 is 5.52. The maximum atomic E-state index is 11.0. The van der Waals surface area contributed by atoms with Crippen LogP contribution in [0.25, 0.3) is 33.2 Å².